The lowest BCUT2D eigenvalue weighted by atomic mass is 10.1. The largest absolute Gasteiger partial charge is 0.462 e. The number of esters is 3. The van der Waals surface area contributed by atoms with Crippen LogP contribution in [-0.4, -0.2) is 37.2 Å². The Morgan fingerprint density at radius 2 is 0.615 bits per heavy atom. The Bertz CT molecular complexity index is 1400. The molecule has 0 fully saturated rings. The van der Waals surface area contributed by atoms with Crippen molar-refractivity contribution in [2.45, 2.75) is 219 Å². The molecule has 366 valence electrons. The van der Waals surface area contributed by atoms with E-state index in [-0.39, 0.29) is 37.5 Å². The lowest BCUT2D eigenvalue weighted by molar-refractivity contribution is -0.167. The quantitative estimate of drug-likeness (QED) is 0.0262. The Hall–Kier alpha value is -4.19. The first-order chi connectivity index (χ1) is 32.0. The molecule has 0 aromatic heterocycles. The van der Waals surface area contributed by atoms with Crippen molar-refractivity contribution in [2.75, 3.05) is 13.2 Å². The van der Waals surface area contributed by atoms with Gasteiger partial charge in [-0.2, -0.15) is 0 Å². The van der Waals surface area contributed by atoms with Crippen LogP contribution in [0.3, 0.4) is 0 Å². The zero-order chi connectivity index (χ0) is 47.2. The Labute approximate surface area is 399 Å². The highest BCUT2D eigenvalue weighted by Gasteiger charge is 2.19. The van der Waals surface area contributed by atoms with E-state index in [0.29, 0.717) is 19.3 Å². The average molecular weight is 899 g/mol. The summed E-state index contributed by atoms with van der Waals surface area (Å²) in [6, 6.07) is 0. The molecule has 0 aromatic rings. The summed E-state index contributed by atoms with van der Waals surface area (Å²) in [5, 5.41) is 0. The third-order valence-electron chi connectivity index (χ3n) is 10.5. The summed E-state index contributed by atoms with van der Waals surface area (Å²) < 4.78 is 16.7. The maximum absolute atomic E-state index is 12.8. The lowest BCUT2D eigenvalue weighted by Crippen LogP contribution is -2.30. The van der Waals surface area contributed by atoms with Crippen LogP contribution in [0.5, 0.6) is 0 Å². The van der Waals surface area contributed by atoms with E-state index in [9.17, 15) is 14.4 Å². The fourth-order valence-electron chi connectivity index (χ4n) is 6.62. The van der Waals surface area contributed by atoms with Crippen molar-refractivity contribution in [3.63, 3.8) is 0 Å². The lowest BCUT2D eigenvalue weighted by Gasteiger charge is -2.18. The van der Waals surface area contributed by atoms with E-state index < -0.39 is 6.10 Å². The summed E-state index contributed by atoms with van der Waals surface area (Å²) in [6.45, 7) is 6.29. The second-order valence-corrected chi connectivity index (χ2v) is 16.7. The first-order valence-electron chi connectivity index (χ1n) is 26.0. The van der Waals surface area contributed by atoms with Gasteiger partial charge in [-0.3, -0.25) is 14.4 Å². The molecule has 0 aromatic carbocycles. The molecule has 0 saturated heterocycles. The molecule has 0 heterocycles. The molecule has 0 amide bonds. The van der Waals surface area contributed by atoms with Crippen LogP contribution in [-0.2, 0) is 28.6 Å². The summed E-state index contributed by atoms with van der Waals surface area (Å²) in [4.78, 5) is 37.8. The fraction of sp³-hybridized carbons (Fsp3) is 0.610. The molecule has 0 radical (unpaired) electrons. The average Bonchev–Trinajstić information content (AvgIpc) is 3.30. The molecule has 0 aliphatic rings. The Kier molecular flexibility index (Phi) is 49.1. The second-order valence-electron chi connectivity index (χ2n) is 16.7. The number of rotatable bonds is 45. The van der Waals surface area contributed by atoms with Crippen molar-refractivity contribution in [1.82, 2.24) is 0 Å². The molecule has 0 aliphatic carbocycles. The van der Waals surface area contributed by atoms with Gasteiger partial charge in [0.25, 0.3) is 0 Å². The molecule has 0 N–H and O–H groups in total. The van der Waals surface area contributed by atoms with Gasteiger partial charge in [0.2, 0.25) is 0 Å². The first-order valence-corrected chi connectivity index (χ1v) is 26.0. The number of carbonyl (C=O) groups is 3. The van der Waals surface area contributed by atoms with E-state index in [1.54, 1.807) is 0 Å². The maximum atomic E-state index is 12.8. The minimum Gasteiger partial charge on any atom is -0.462 e. The fourth-order valence-corrected chi connectivity index (χ4v) is 6.62. The smallest absolute Gasteiger partial charge is 0.306 e. The van der Waals surface area contributed by atoms with Crippen LogP contribution in [0.15, 0.2) is 122 Å². The third kappa shape index (κ3) is 50.7. The van der Waals surface area contributed by atoms with Crippen LogP contribution < -0.4 is 0 Å². The Morgan fingerprint density at radius 3 is 1.00 bits per heavy atom. The highest BCUT2D eigenvalue weighted by molar-refractivity contribution is 5.71. The van der Waals surface area contributed by atoms with Gasteiger partial charge in [0.15, 0.2) is 6.10 Å². The monoisotopic (exact) mass is 899 g/mol. The number of hydrogen-bond acceptors (Lipinski definition) is 6. The standard InChI is InChI=1S/C59H94O6/c1-4-7-10-13-16-18-20-22-24-26-27-28-29-30-31-33-34-36-38-40-43-46-49-52-58(61)64-55-56(54-63-57(60)51-48-45-42-15-12-9-6-3)65-59(62)53-50-47-44-41-39-37-35-32-25-23-21-19-17-14-11-8-5-2/h7-8,10-11,16-19,22-25,27-28,30-31,34,36,40,43,56H,4-6,9,12-15,20-21,26,29,32-33,35,37-39,41-42,44-55H2,1-3H3/b10-7-,11-8-,18-16-,19-17-,24-22-,25-23-,28-27-,31-30-,36-34-,43-40-. The van der Waals surface area contributed by atoms with Gasteiger partial charge in [0, 0.05) is 19.3 Å². The minimum absolute atomic E-state index is 0.103. The van der Waals surface area contributed by atoms with Gasteiger partial charge in [0.05, 0.1) is 0 Å². The van der Waals surface area contributed by atoms with E-state index in [1.165, 1.54) is 51.4 Å². The summed E-state index contributed by atoms with van der Waals surface area (Å²) in [5.41, 5.74) is 0. The van der Waals surface area contributed by atoms with Crippen LogP contribution in [0.1, 0.15) is 213 Å². The number of allylic oxidation sites excluding steroid dienone is 20. The van der Waals surface area contributed by atoms with Crippen molar-refractivity contribution >= 4 is 17.9 Å². The number of carbonyl (C=O) groups excluding carboxylic acids is 3. The van der Waals surface area contributed by atoms with Gasteiger partial charge in [-0.15, -0.1) is 0 Å². The summed E-state index contributed by atoms with van der Waals surface area (Å²) >= 11 is 0. The molecule has 65 heavy (non-hydrogen) atoms. The summed E-state index contributed by atoms with van der Waals surface area (Å²) in [5.74, 6) is -0.990. The first kappa shape index (κ1) is 60.8. The Balaban J connectivity index is 4.39. The molecule has 0 rings (SSSR count). The normalized spacial score (nSPS) is 13.1. The van der Waals surface area contributed by atoms with E-state index >= 15 is 0 Å². The topological polar surface area (TPSA) is 78.9 Å². The Morgan fingerprint density at radius 1 is 0.323 bits per heavy atom. The number of unbranched alkanes of at least 4 members (excludes halogenated alkanes) is 14. The van der Waals surface area contributed by atoms with E-state index in [1.807, 2.05) is 0 Å². The molecule has 0 aliphatic heterocycles. The van der Waals surface area contributed by atoms with E-state index in [0.717, 1.165) is 116 Å². The maximum Gasteiger partial charge on any atom is 0.306 e. The minimum atomic E-state index is -0.807. The van der Waals surface area contributed by atoms with Crippen LogP contribution in [0.2, 0.25) is 0 Å². The van der Waals surface area contributed by atoms with Gasteiger partial charge in [-0.05, 0) is 103 Å². The van der Waals surface area contributed by atoms with Crippen LogP contribution in [0.25, 0.3) is 0 Å². The summed E-state index contributed by atoms with van der Waals surface area (Å²) in [7, 11) is 0. The molecular weight excluding hydrogens is 805 g/mol. The van der Waals surface area contributed by atoms with Crippen molar-refractivity contribution in [1.29, 1.82) is 0 Å². The summed E-state index contributed by atoms with van der Waals surface area (Å²) in [6.07, 6.45) is 72.0. The van der Waals surface area contributed by atoms with Crippen molar-refractivity contribution in [3.05, 3.63) is 122 Å². The highest BCUT2D eigenvalue weighted by Crippen LogP contribution is 2.13. The predicted octanol–water partition coefficient (Wildman–Crippen LogP) is 17.3. The molecule has 1 atom stereocenters. The van der Waals surface area contributed by atoms with Crippen molar-refractivity contribution < 1.29 is 28.6 Å². The molecule has 0 spiro atoms. The number of hydrogen-bond donors (Lipinski definition) is 0. The van der Waals surface area contributed by atoms with Crippen molar-refractivity contribution in [2.24, 2.45) is 0 Å². The van der Waals surface area contributed by atoms with Crippen LogP contribution in [0.4, 0.5) is 0 Å². The second kappa shape index (κ2) is 52.4. The SMILES string of the molecule is CC/C=C\C/C=C\C/C=C\C/C=C\C/C=C\C/C=C\C/C=C\CCCC(=O)OCC(COC(=O)CCCCCCCCC)OC(=O)CCCCCCCCC/C=C\C/C=C\C/C=C\CC. The van der Waals surface area contributed by atoms with Gasteiger partial charge >= 0.3 is 17.9 Å². The van der Waals surface area contributed by atoms with Gasteiger partial charge in [0.1, 0.15) is 13.2 Å². The van der Waals surface area contributed by atoms with Gasteiger partial charge in [-0.1, -0.05) is 213 Å². The molecule has 0 saturated carbocycles. The molecule has 6 heteroatoms. The number of ether oxygens (including phenoxy) is 3. The van der Waals surface area contributed by atoms with Crippen molar-refractivity contribution in [3.8, 4) is 0 Å². The molecule has 6 nitrogen and oxygen atoms in total. The van der Waals surface area contributed by atoms with E-state index in [4.69, 9.17) is 14.2 Å². The zero-order valence-electron chi connectivity index (χ0n) is 41.7. The predicted molar refractivity (Wildman–Crippen MR) is 279 cm³/mol. The van der Waals surface area contributed by atoms with Gasteiger partial charge < -0.3 is 14.2 Å². The van der Waals surface area contributed by atoms with Gasteiger partial charge in [-0.25, -0.2) is 0 Å². The zero-order valence-corrected chi connectivity index (χ0v) is 41.7. The molecule has 1 unspecified atom stereocenters. The molecule has 0 bridgehead atoms. The molecular formula is C59H94O6. The van der Waals surface area contributed by atoms with Crippen LogP contribution in [0, 0.1) is 0 Å². The third-order valence-corrected chi connectivity index (χ3v) is 10.5. The van der Waals surface area contributed by atoms with E-state index in [2.05, 4.69) is 142 Å². The van der Waals surface area contributed by atoms with Crippen LogP contribution >= 0.6 is 0 Å². The highest BCUT2D eigenvalue weighted by atomic mass is 16.6.